The Morgan fingerprint density at radius 3 is 2.75 bits per heavy atom. The molecular weight excluding hydrogens is 254 g/mol. The zero-order chi connectivity index (χ0) is 14.8. The molecule has 0 aromatic heterocycles. The lowest BCUT2D eigenvalue weighted by Crippen LogP contribution is -2.22. The monoisotopic (exact) mass is 279 g/mol. The Kier molecular flexibility index (Phi) is 7.73. The molecule has 0 saturated heterocycles. The molecule has 112 valence electrons. The van der Waals surface area contributed by atoms with Gasteiger partial charge in [0.1, 0.15) is 12.4 Å². The lowest BCUT2D eigenvalue weighted by molar-refractivity contribution is 0.0143. The third-order valence-corrected chi connectivity index (χ3v) is 2.99. The van der Waals surface area contributed by atoms with Crippen LogP contribution in [-0.2, 0) is 4.74 Å². The van der Waals surface area contributed by atoms with Gasteiger partial charge in [0.2, 0.25) is 5.91 Å². The van der Waals surface area contributed by atoms with Crippen molar-refractivity contribution in [3.8, 4) is 5.75 Å². The van der Waals surface area contributed by atoms with Gasteiger partial charge in [0, 0.05) is 12.2 Å². The highest BCUT2D eigenvalue weighted by molar-refractivity contribution is 5.93. The van der Waals surface area contributed by atoms with Gasteiger partial charge < -0.3 is 15.2 Å². The molecule has 0 fully saturated rings. The van der Waals surface area contributed by atoms with Crippen molar-refractivity contribution < 1.29 is 14.3 Å². The molecule has 0 aliphatic carbocycles. The molecule has 4 nitrogen and oxygen atoms in total. The second kappa shape index (κ2) is 9.37. The Morgan fingerprint density at radius 1 is 1.30 bits per heavy atom. The van der Waals surface area contributed by atoms with Crippen molar-refractivity contribution >= 4 is 5.91 Å². The Hall–Kier alpha value is -1.55. The fourth-order valence-corrected chi connectivity index (χ4v) is 1.86. The minimum Gasteiger partial charge on any atom is -0.491 e. The van der Waals surface area contributed by atoms with Gasteiger partial charge in [-0.25, -0.2) is 0 Å². The van der Waals surface area contributed by atoms with E-state index in [1.165, 1.54) is 0 Å². The van der Waals surface area contributed by atoms with Gasteiger partial charge in [-0.2, -0.15) is 0 Å². The van der Waals surface area contributed by atoms with Gasteiger partial charge in [0.15, 0.2) is 0 Å². The number of hydrogen-bond donors (Lipinski definition) is 1. The maximum Gasteiger partial charge on any atom is 0.248 e. The Balaban J connectivity index is 2.52. The normalized spacial score (nSPS) is 12.1. The average molecular weight is 279 g/mol. The van der Waals surface area contributed by atoms with E-state index in [0.717, 1.165) is 32.3 Å². The minimum atomic E-state index is -0.444. The maximum absolute atomic E-state index is 11.1. The molecular formula is C16H25NO3. The number of carbonyl (C=O) groups is 1. The molecule has 0 heterocycles. The van der Waals surface area contributed by atoms with Crippen LogP contribution in [-0.4, -0.2) is 25.2 Å². The first-order valence-electron chi connectivity index (χ1n) is 7.31. The Bertz CT molecular complexity index is 398. The van der Waals surface area contributed by atoms with Gasteiger partial charge in [-0.3, -0.25) is 4.79 Å². The summed E-state index contributed by atoms with van der Waals surface area (Å²) < 4.78 is 11.5. The van der Waals surface area contributed by atoms with Crippen molar-refractivity contribution in [3.05, 3.63) is 29.8 Å². The van der Waals surface area contributed by atoms with E-state index in [0.29, 0.717) is 17.9 Å². The van der Waals surface area contributed by atoms with Crippen LogP contribution < -0.4 is 10.5 Å². The summed E-state index contributed by atoms with van der Waals surface area (Å²) in [5.74, 6) is 0.211. The van der Waals surface area contributed by atoms with Crippen LogP contribution >= 0.6 is 0 Å². The predicted molar refractivity (Wildman–Crippen MR) is 80.0 cm³/mol. The van der Waals surface area contributed by atoms with Gasteiger partial charge in [0.05, 0.1) is 6.10 Å². The maximum atomic E-state index is 11.1. The molecule has 1 rings (SSSR count). The van der Waals surface area contributed by atoms with Crippen LogP contribution in [0.1, 0.15) is 49.9 Å². The molecule has 0 aliphatic heterocycles. The smallest absolute Gasteiger partial charge is 0.248 e. The summed E-state index contributed by atoms with van der Waals surface area (Å²) in [6, 6.07) is 6.93. The molecule has 20 heavy (non-hydrogen) atoms. The lowest BCUT2D eigenvalue weighted by Gasteiger charge is -2.18. The molecule has 1 amide bonds. The summed E-state index contributed by atoms with van der Waals surface area (Å²) in [7, 11) is 0. The quantitative estimate of drug-likeness (QED) is 0.715. The highest BCUT2D eigenvalue weighted by atomic mass is 16.5. The number of unbranched alkanes of at least 4 members (excludes halogenated alkanes) is 1. The fourth-order valence-electron chi connectivity index (χ4n) is 1.86. The zero-order valence-corrected chi connectivity index (χ0v) is 12.4. The van der Waals surface area contributed by atoms with E-state index in [1.54, 1.807) is 18.2 Å². The summed E-state index contributed by atoms with van der Waals surface area (Å²) >= 11 is 0. The molecule has 4 heteroatoms. The number of rotatable bonds is 10. The van der Waals surface area contributed by atoms with E-state index in [9.17, 15) is 4.79 Å². The van der Waals surface area contributed by atoms with Crippen molar-refractivity contribution in [2.75, 3.05) is 13.2 Å². The molecule has 0 spiro atoms. The topological polar surface area (TPSA) is 61.5 Å². The lowest BCUT2D eigenvalue weighted by atomic mass is 10.1. The number of nitrogens with two attached hydrogens (primary N) is 1. The third kappa shape index (κ3) is 6.06. The van der Waals surface area contributed by atoms with E-state index in [1.807, 2.05) is 6.07 Å². The molecule has 1 unspecified atom stereocenters. The van der Waals surface area contributed by atoms with Crippen molar-refractivity contribution in [2.45, 2.75) is 45.6 Å². The fraction of sp³-hybridized carbons (Fsp3) is 0.562. The van der Waals surface area contributed by atoms with E-state index in [-0.39, 0.29) is 6.10 Å². The van der Waals surface area contributed by atoms with E-state index >= 15 is 0 Å². The zero-order valence-electron chi connectivity index (χ0n) is 12.4. The number of carbonyl (C=O) groups excluding carboxylic acids is 1. The number of ether oxygens (including phenoxy) is 2. The number of primary amides is 1. The molecule has 2 N–H and O–H groups in total. The van der Waals surface area contributed by atoms with Gasteiger partial charge in [-0.05, 0) is 31.0 Å². The van der Waals surface area contributed by atoms with Crippen LogP contribution in [0.25, 0.3) is 0 Å². The van der Waals surface area contributed by atoms with Crippen LogP contribution in [0.4, 0.5) is 0 Å². The number of benzene rings is 1. The van der Waals surface area contributed by atoms with Crippen LogP contribution in [0.3, 0.4) is 0 Å². The first-order chi connectivity index (χ1) is 9.67. The molecule has 0 radical (unpaired) electrons. The van der Waals surface area contributed by atoms with Crippen LogP contribution in [0, 0.1) is 0 Å². The summed E-state index contributed by atoms with van der Waals surface area (Å²) in [6.45, 7) is 5.50. The standard InChI is InChI=1S/C16H25NO3/c1-3-5-8-15(19-10-4-2)12-20-14-9-6-7-13(11-14)16(17)18/h6-7,9,11,15H,3-5,8,10,12H2,1-2H3,(H2,17,18). The Morgan fingerprint density at radius 2 is 2.10 bits per heavy atom. The highest BCUT2D eigenvalue weighted by Gasteiger charge is 2.10. The second-order valence-electron chi connectivity index (χ2n) is 4.84. The van der Waals surface area contributed by atoms with Gasteiger partial charge in [0.25, 0.3) is 0 Å². The van der Waals surface area contributed by atoms with E-state index in [4.69, 9.17) is 15.2 Å². The molecule has 1 aromatic rings. The summed E-state index contributed by atoms with van der Waals surface area (Å²) in [4.78, 5) is 11.1. The predicted octanol–water partition coefficient (Wildman–Crippen LogP) is 3.15. The molecule has 0 saturated carbocycles. The van der Waals surface area contributed by atoms with E-state index < -0.39 is 5.91 Å². The third-order valence-electron chi connectivity index (χ3n) is 2.99. The molecule has 0 aliphatic rings. The van der Waals surface area contributed by atoms with Crippen molar-refractivity contribution in [1.29, 1.82) is 0 Å². The van der Waals surface area contributed by atoms with Gasteiger partial charge in [-0.1, -0.05) is 32.8 Å². The van der Waals surface area contributed by atoms with E-state index in [2.05, 4.69) is 13.8 Å². The van der Waals surface area contributed by atoms with Crippen LogP contribution in [0.15, 0.2) is 24.3 Å². The second-order valence-corrected chi connectivity index (χ2v) is 4.84. The largest absolute Gasteiger partial charge is 0.491 e. The van der Waals surface area contributed by atoms with Crippen molar-refractivity contribution in [2.24, 2.45) is 5.73 Å². The summed E-state index contributed by atoms with van der Waals surface area (Å²) in [6.07, 6.45) is 4.36. The highest BCUT2D eigenvalue weighted by Crippen LogP contribution is 2.15. The summed E-state index contributed by atoms with van der Waals surface area (Å²) in [5, 5.41) is 0. The minimum absolute atomic E-state index is 0.104. The SMILES string of the molecule is CCCCC(COc1cccc(C(N)=O)c1)OCCC. The average Bonchev–Trinajstić information content (AvgIpc) is 2.46. The van der Waals surface area contributed by atoms with Crippen molar-refractivity contribution in [3.63, 3.8) is 0 Å². The number of hydrogen-bond acceptors (Lipinski definition) is 3. The summed E-state index contributed by atoms with van der Waals surface area (Å²) in [5.41, 5.74) is 5.71. The van der Waals surface area contributed by atoms with Gasteiger partial charge in [-0.15, -0.1) is 0 Å². The molecule has 0 bridgehead atoms. The first-order valence-corrected chi connectivity index (χ1v) is 7.31. The molecule has 1 aromatic carbocycles. The van der Waals surface area contributed by atoms with Gasteiger partial charge >= 0.3 is 0 Å². The van der Waals surface area contributed by atoms with Crippen LogP contribution in [0.2, 0.25) is 0 Å². The molecule has 1 atom stereocenters. The Labute approximate surface area is 121 Å². The van der Waals surface area contributed by atoms with Crippen LogP contribution in [0.5, 0.6) is 5.75 Å². The first kappa shape index (κ1) is 16.5. The van der Waals surface area contributed by atoms with Crippen molar-refractivity contribution in [1.82, 2.24) is 0 Å². The number of amides is 1.